The maximum atomic E-state index is 10.5. The third kappa shape index (κ3) is 2.79. The number of rotatable bonds is 2. The first-order chi connectivity index (χ1) is 5.65. The van der Waals surface area contributed by atoms with Gasteiger partial charge in [0.25, 0.3) is 0 Å². The van der Waals surface area contributed by atoms with Crippen molar-refractivity contribution >= 4 is 30.0 Å². The van der Waals surface area contributed by atoms with Crippen LogP contribution < -0.4 is 4.74 Å². The number of halogens is 2. The summed E-state index contributed by atoms with van der Waals surface area (Å²) in [5.74, 6) is -0.493. The van der Waals surface area contributed by atoms with Gasteiger partial charge in [-0.25, -0.2) is 4.79 Å². The van der Waals surface area contributed by atoms with E-state index in [-0.39, 0.29) is 23.0 Å². The SMILES string of the molecule is COc1ccc(C(=O)O)c(Cl)c1.Cl. The molecular weight excluding hydrogens is 215 g/mol. The fourth-order valence-corrected chi connectivity index (χ4v) is 1.05. The van der Waals surface area contributed by atoms with E-state index in [4.69, 9.17) is 21.4 Å². The molecule has 1 rings (SSSR count). The zero-order chi connectivity index (χ0) is 9.14. The number of hydrogen-bond acceptors (Lipinski definition) is 2. The molecule has 0 heterocycles. The monoisotopic (exact) mass is 222 g/mol. The lowest BCUT2D eigenvalue weighted by Crippen LogP contribution is -1.97. The summed E-state index contributed by atoms with van der Waals surface area (Å²) in [5, 5.41) is 8.79. The van der Waals surface area contributed by atoms with Gasteiger partial charge in [-0.05, 0) is 18.2 Å². The average molecular weight is 223 g/mol. The Balaban J connectivity index is 0.00000144. The average Bonchev–Trinajstić information content (AvgIpc) is 2.03. The number of benzene rings is 1. The van der Waals surface area contributed by atoms with Crippen LogP contribution in [0.1, 0.15) is 10.4 Å². The fraction of sp³-hybridized carbons (Fsp3) is 0.125. The Morgan fingerprint density at radius 2 is 2.15 bits per heavy atom. The van der Waals surface area contributed by atoms with Crippen molar-refractivity contribution in [1.82, 2.24) is 0 Å². The highest BCUT2D eigenvalue weighted by Crippen LogP contribution is 2.21. The van der Waals surface area contributed by atoms with Crippen LogP contribution in [0.3, 0.4) is 0 Å². The highest BCUT2D eigenvalue weighted by atomic mass is 35.5. The van der Waals surface area contributed by atoms with Crippen LogP contribution in [0.2, 0.25) is 5.02 Å². The molecule has 1 N–H and O–H groups in total. The van der Waals surface area contributed by atoms with Gasteiger partial charge in [0, 0.05) is 0 Å². The van der Waals surface area contributed by atoms with Crippen molar-refractivity contribution in [3.63, 3.8) is 0 Å². The molecule has 72 valence electrons. The van der Waals surface area contributed by atoms with Crippen LogP contribution in [-0.4, -0.2) is 18.2 Å². The van der Waals surface area contributed by atoms with Crippen molar-refractivity contribution in [1.29, 1.82) is 0 Å². The van der Waals surface area contributed by atoms with E-state index in [1.54, 1.807) is 6.07 Å². The number of methoxy groups -OCH3 is 1. The van der Waals surface area contributed by atoms with Crippen molar-refractivity contribution in [2.75, 3.05) is 7.11 Å². The topological polar surface area (TPSA) is 46.5 Å². The summed E-state index contributed by atoms with van der Waals surface area (Å²) < 4.78 is 4.85. The summed E-state index contributed by atoms with van der Waals surface area (Å²) in [7, 11) is 1.49. The lowest BCUT2D eigenvalue weighted by Gasteiger charge is -2.01. The number of aromatic carboxylic acids is 1. The van der Waals surface area contributed by atoms with E-state index < -0.39 is 5.97 Å². The summed E-state index contributed by atoms with van der Waals surface area (Å²) in [4.78, 5) is 10.5. The molecule has 0 spiro atoms. The smallest absolute Gasteiger partial charge is 0.337 e. The molecule has 0 saturated heterocycles. The van der Waals surface area contributed by atoms with Gasteiger partial charge >= 0.3 is 5.97 Å². The van der Waals surface area contributed by atoms with Crippen molar-refractivity contribution in [3.8, 4) is 5.75 Å². The van der Waals surface area contributed by atoms with Crippen molar-refractivity contribution in [2.45, 2.75) is 0 Å². The summed E-state index contributed by atoms with van der Waals surface area (Å²) in [5.41, 5.74) is 0.0810. The number of carboxylic acids is 1. The maximum absolute atomic E-state index is 10.5. The van der Waals surface area contributed by atoms with E-state index >= 15 is 0 Å². The molecule has 1 aromatic carbocycles. The Labute approximate surface area is 86.7 Å². The minimum Gasteiger partial charge on any atom is -0.497 e. The maximum Gasteiger partial charge on any atom is 0.337 e. The first-order valence-electron chi connectivity index (χ1n) is 3.22. The molecule has 0 aromatic heterocycles. The number of hydrogen-bond donors (Lipinski definition) is 1. The molecule has 5 heteroatoms. The molecule has 3 nitrogen and oxygen atoms in total. The first kappa shape index (κ1) is 12.1. The third-order valence-corrected chi connectivity index (χ3v) is 1.72. The third-order valence-electron chi connectivity index (χ3n) is 1.41. The zero-order valence-corrected chi connectivity index (χ0v) is 8.35. The molecule has 0 unspecified atom stereocenters. The van der Waals surface area contributed by atoms with Gasteiger partial charge < -0.3 is 9.84 Å². The van der Waals surface area contributed by atoms with Gasteiger partial charge in [0.15, 0.2) is 0 Å². The van der Waals surface area contributed by atoms with E-state index in [0.717, 1.165) is 0 Å². The highest BCUT2D eigenvalue weighted by molar-refractivity contribution is 6.33. The quantitative estimate of drug-likeness (QED) is 0.837. The minimum atomic E-state index is -1.04. The second-order valence-corrected chi connectivity index (χ2v) is 2.56. The molecule has 13 heavy (non-hydrogen) atoms. The van der Waals surface area contributed by atoms with Crippen LogP contribution in [-0.2, 0) is 0 Å². The molecule has 0 atom stereocenters. The van der Waals surface area contributed by atoms with Crippen LogP contribution in [0.5, 0.6) is 5.75 Å². The highest BCUT2D eigenvalue weighted by Gasteiger charge is 2.08. The Hall–Kier alpha value is -0.930. The van der Waals surface area contributed by atoms with Gasteiger partial charge in [0.05, 0.1) is 17.7 Å². The molecule has 0 saturated carbocycles. The number of carboxylic acid groups (broad SMARTS) is 1. The number of ether oxygens (including phenoxy) is 1. The lowest BCUT2D eigenvalue weighted by atomic mass is 10.2. The van der Waals surface area contributed by atoms with Gasteiger partial charge in [0.1, 0.15) is 5.75 Å². The molecule has 0 amide bonds. The fourth-order valence-electron chi connectivity index (χ4n) is 0.796. The summed E-state index contributed by atoms with van der Waals surface area (Å²) >= 11 is 5.64. The zero-order valence-electron chi connectivity index (χ0n) is 6.78. The second-order valence-electron chi connectivity index (χ2n) is 2.15. The summed E-state index contributed by atoms with van der Waals surface area (Å²) in [6.45, 7) is 0. The molecule has 0 aliphatic carbocycles. The molecule has 0 aliphatic rings. The first-order valence-corrected chi connectivity index (χ1v) is 3.60. The molecular formula is C8H8Cl2O3. The van der Waals surface area contributed by atoms with Crippen LogP contribution in [0.25, 0.3) is 0 Å². The van der Waals surface area contributed by atoms with Crippen molar-refractivity contribution < 1.29 is 14.6 Å². The normalized spacial score (nSPS) is 8.77. The van der Waals surface area contributed by atoms with E-state index in [0.29, 0.717) is 5.75 Å². The van der Waals surface area contributed by atoms with E-state index in [2.05, 4.69) is 0 Å². The van der Waals surface area contributed by atoms with Crippen LogP contribution in [0, 0.1) is 0 Å². The predicted molar refractivity (Wildman–Crippen MR) is 52.2 cm³/mol. The van der Waals surface area contributed by atoms with Crippen LogP contribution >= 0.6 is 24.0 Å². The predicted octanol–water partition coefficient (Wildman–Crippen LogP) is 2.47. The Morgan fingerprint density at radius 1 is 1.54 bits per heavy atom. The second kappa shape index (κ2) is 4.94. The standard InChI is InChI=1S/C8H7ClO3.ClH/c1-12-5-2-3-6(8(10)11)7(9)4-5;/h2-4H,1H3,(H,10,11);1H. The van der Waals surface area contributed by atoms with Crippen molar-refractivity contribution in [2.24, 2.45) is 0 Å². The van der Waals surface area contributed by atoms with Crippen LogP contribution in [0.15, 0.2) is 18.2 Å². The summed E-state index contributed by atoms with van der Waals surface area (Å²) in [6, 6.07) is 4.42. The minimum absolute atomic E-state index is 0. The van der Waals surface area contributed by atoms with Gasteiger partial charge in [-0.1, -0.05) is 11.6 Å². The molecule has 0 fully saturated rings. The van der Waals surface area contributed by atoms with Gasteiger partial charge in [-0.2, -0.15) is 0 Å². The Bertz CT molecular complexity index is 312. The van der Waals surface area contributed by atoms with Crippen molar-refractivity contribution in [3.05, 3.63) is 28.8 Å². The summed E-state index contributed by atoms with van der Waals surface area (Å²) in [6.07, 6.45) is 0. The van der Waals surface area contributed by atoms with Gasteiger partial charge in [-0.15, -0.1) is 12.4 Å². The molecule has 0 aliphatic heterocycles. The number of carbonyl (C=O) groups is 1. The van der Waals surface area contributed by atoms with Crippen LogP contribution in [0.4, 0.5) is 0 Å². The van der Waals surface area contributed by atoms with Gasteiger partial charge in [-0.3, -0.25) is 0 Å². The lowest BCUT2D eigenvalue weighted by molar-refractivity contribution is 0.0697. The Kier molecular flexibility index (Phi) is 4.59. The Morgan fingerprint density at radius 3 is 2.54 bits per heavy atom. The molecule has 1 aromatic rings. The van der Waals surface area contributed by atoms with E-state index in [1.807, 2.05) is 0 Å². The van der Waals surface area contributed by atoms with E-state index in [9.17, 15) is 4.79 Å². The molecule has 0 bridgehead atoms. The van der Waals surface area contributed by atoms with E-state index in [1.165, 1.54) is 19.2 Å². The molecule has 0 radical (unpaired) electrons. The van der Waals surface area contributed by atoms with Gasteiger partial charge in [0.2, 0.25) is 0 Å². The largest absolute Gasteiger partial charge is 0.497 e.